The fourth-order valence-electron chi connectivity index (χ4n) is 5.49. The van der Waals surface area contributed by atoms with Gasteiger partial charge in [-0.2, -0.15) is 4.98 Å². The van der Waals surface area contributed by atoms with Crippen molar-refractivity contribution in [2.24, 2.45) is 0 Å². The number of nitrogens with two attached hydrogens (primary N) is 1. The molecule has 41 heavy (non-hydrogen) atoms. The summed E-state index contributed by atoms with van der Waals surface area (Å²) in [5.74, 6) is 4.19. The molecule has 0 atom stereocenters. The van der Waals surface area contributed by atoms with Crippen molar-refractivity contribution in [2.45, 2.75) is 39.3 Å². The number of nitrogen functional groups attached to an aromatic ring is 1. The number of rotatable bonds is 11. The molecule has 2 aliphatic rings. The number of nitrogens with one attached hydrogen (secondary N) is 1. The number of benzene rings is 2. The first-order valence-corrected chi connectivity index (χ1v) is 14.5. The fraction of sp³-hybridized carbons (Fsp3) is 0.533. The van der Waals surface area contributed by atoms with E-state index in [2.05, 4.69) is 15.1 Å². The van der Waals surface area contributed by atoms with Crippen LogP contribution in [0.2, 0.25) is 0 Å². The summed E-state index contributed by atoms with van der Waals surface area (Å²) in [6.07, 6.45) is 1.96. The number of nitrogens with zero attached hydrogens (tertiary/aromatic N) is 4. The first-order chi connectivity index (χ1) is 20.0. The lowest BCUT2D eigenvalue weighted by Crippen LogP contribution is -2.39. The van der Waals surface area contributed by atoms with E-state index in [-0.39, 0.29) is 6.04 Å². The third kappa shape index (κ3) is 6.62. The van der Waals surface area contributed by atoms with E-state index >= 15 is 0 Å². The molecule has 3 heterocycles. The summed E-state index contributed by atoms with van der Waals surface area (Å²) < 4.78 is 28.3. The smallest absolute Gasteiger partial charge is 0.225 e. The summed E-state index contributed by atoms with van der Waals surface area (Å²) in [5.41, 5.74) is 8.78. The van der Waals surface area contributed by atoms with Crippen molar-refractivity contribution in [3.63, 3.8) is 0 Å². The van der Waals surface area contributed by atoms with Gasteiger partial charge in [-0.1, -0.05) is 0 Å². The molecule has 2 fully saturated rings. The molecule has 2 aliphatic heterocycles. The molecule has 0 unspecified atom stereocenters. The second-order valence-corrected chi connectivity index (χ2v) is 10.3. The lowest BCUT2D eigenvalue weighted by Gasteiger charge is -2.33. The Bertz CT molecular complexity index is 1300. The van der Waals surface area contributed by atoms with Gasteiger partial charge in [-0.3, -0.25) is 4.90 Å². The van der Waals surface area contributed by atoms with Gasteiger partial charge >= 0.3 is 0 Å². The van der Waals surface area contributed by atoms with Crippen molar-refractivity contribution in [3.05, 3.63) is 29.8 Å². The highest BCUT2D eigenvalue weighted by atomic mass is 16.5. The Labute approximate surface area is 241 Å². The average molecular weight is 567 g/mol. The SMILES string of the molecule is CCOc1cc(CN2CCC(Nc3nc(N4CCOCC4)c4cc(OC)c(OC)cc4n3)CC2)cc(OCC)c1N. The zero-order valence-electron chi connectivity index (χ0n) is 24.6. The van der Waals surface area contributed by atoms with Gasteiger partial charge in [0.1, 0.15) is 23.0 Å². The molecule has 0 bridgehead atoms. The minimum absolute atomic E-state index is 0.269. The third-order valence-electron chi connectivity index (χ3n) is 7.58. The minimum Gasteiger partial charge on any atom is -0.493 e. The van der Waals surface area contributed by atoms with Crippen LogP contribution in [0.3, 0.4) is 0 Å². The highest BCUT2D eigenvalue weighted by Gasteiger charge is 2.24. The number of aromatic nitrogens is 2. The van der Waals surface area contributed by atoms with Crippen LogP contribution in [0.15, 0.2) is 24.3 Å². The van der Waals surface area contributed by atoms with Crippen LogP contribution >= 0.6 is 0 Å². The Morgan fingerprint density at radius 1 is 0.878 bits per heavy atom. The van der Waals surface area contributed by atoms with Gasteiger partial charge in [-0.15, -0.1) is 0 Å². The molecule has 1 aromatic heterocycles. The third-order valence-corrected chi connectivity index (χ3v) is 7.58. The van der Waals surface area contributed by atoms with Crippen LogP contribution in [0, 0.1) is 0 Å². The van der Waals surface area contributed by atoms with Crippen LogP contribution < -0.4 is 34.9 Å². The van der Waals surface area contributed by atoms with Crippen LogP contribution in [0.5, 0.6) is 23.0 Å². The predicted octanol–water partition coefficient (Wildman–Crippen LogP) is 3.94. The van der Waals surface area contributed by atoms with E-state index in [0.29, 0.717) is 61.1 Å². The normalized spacial score (nSPS) is 16.5. The first-order valence-electron chi connectivity index (χ1n) is 14.5. The topological polar surface area (TPSA) is 116 Å². The van der Waals surface area contributed by atoms with E-state index < -0.39 is 0 Å². The van der Waals surface area contributed by atoms with Crippen LogP contribution in [0.1, 0.15) is 32.3 Å². The zero-order chi connectivity index (χ0) is 28.8. The monoisotopic (exact) mass is 566 g/mol. The van der Waals surface area contributed by atoms with Crippen molar-refractivity contribution in [1.82, 2.24) is 14.9 Å². The minimum atomic E-state index is 0.269. The van der Waals surface area contributed by atoms with Crippen molar-refractivity contribution >= 4 is 28.4 Å². The molecule has 0 aliphatic carbocycles. The molecule has 11 nitrogen and oxygen atoms in total. The molecule has 2 saturated heterocycles. The number of methoxy groups -OCH3 is 2. The highest BCUT2D eigenvalue weighted by molar-refractivity contribution is 5.93. The molecule has 0 radical (unpaired) electrons. The van der Waals surface area contributed by atoms with Gasteiger partial charge in [0.15, 0.2) is 11.5 Å². The number of piperidine rings is 1. The van der Waals surface area contributed by atoms with E-state index in [9.17, 15) is 0 Å². The van der Waals surface area contributed by atoms with Crippen LogP contribution in [-0.2, 0) is 11.3 Å². The van der Waals surface area contributed by atoms with Gasteiger partial charge in [0.2, 0.25) is 5.95 Å². The maximum Gasteiger partial charge on any atom is 0.225 e. The molecule has 0 saturated carbocycles. The summed E-state index contributed by atoms with van der Waals surface area (Å²) in [6, 6.07) is 8.22. The van der Waals surface area contributed by atoms with Gasteiger partial charge in [-0.05, 0) is 50.5 Å². The standard InChI is InChI=1S/C30H42N6O5/c1-5-40-26-15-20(16-27(28(26)31)41-6-2)19-35-9-7-21(8-10-35)32-30-33-23-18-25(38-4)24(37-3)17-22(23)29(34-30)36-11-13-39-14-12-36/h15-18,21H,5-14,19,31H2,1-4H3,(H,32,33,34). The Balaban J connectivity index is 1.30. The Kier molecular flexibility index (Phi) is 9.35. The van der Waals surface area contributed by atoms with E-state index in [1.54, 1.807) is 14.2 Å². The predicted molar refractivity (Wildman–Crippen MR) is 161 cm³/mol. The van der Waals surface area contributed by atoms with Crippen molar-refractivity contribution in [1.29, 1.82) is 0 Å². The Hall–Kier alpha value is -3.70. The van der Waals surface area contributed by atoms with Crippen LogP contribution in [0.4, 0.5) is 17.5 Å². The zero-order valence-corrected chi connectivity index (χ0v) is 24.6. The number of ether oxygens (including phenoxy) is 5. The van der Waals surface area contributed by atoms with Gasteiger partial charge < -0.3 is 39.6 Å². The first kappa shape index (κ1) is 28.8. The van der Waals surface area contributed by atoms with E-state index in [1.165, 1.54) is 0 Å². The van der Waals surface area contributed by atoms with Crippen LogP contribution in [0.25, 0.3) is 10.9 Å². The molecule has 0 spiro atoms. The van der Waals surface area contributed by atoms with Crippen molar-refractivity contribution < 1.29 is 23.7 Å². The van der Waals surface area contributed by atoms with Gasteiger partial charge in [0, 0.05) is 50.2 Å². The molecule has 2 aromatic carbocycles. The largest absolute Gasteiger partial charge is 0.493 e. The van der Waals surface area contributed by atoms with Crippen molar-refractivity contribution in [3.8, 4) is 23.0 Å². The number of anilines is 3. The summed E-state index contributed by atoms with van der Waals surface area (Å²) in [5, 5.41) is 4.56. The molecule has 0 amide bonds. The van der Waals surface area contributed by atoms with Gasteiger partial charge in [0.05, 0.1) is 46.2 Å². The lowest BCUT2D eigenvalue weighted by atomic mass is 10.0. The maximum absolute atomic E-state index is 6.27. The molecule has 3 aromatic rings. The number of likely N-dealkylation sites (tertiary alicyclic amines) is 1. The second kappa shape index (κ2) is 13.3. The number of hydrogen-bond donors (Lipinski definition) is 2. The molecular formula is C30H42N6O5. The second-order valence-electron chi connectivity index (χ2n) is 10.3. The molecule has 11 heteroatoms. The van der Waals surface area contributed by atoms with E-state index in [4.69, 9.17) is 39.4 Å². The van der Waals surface area contributed by atoms with Gasteiger partial charge in [0.25, 0.3) is 0 Å². The number of hydrogen-bond acceptors (Lipinski definition) is 11. The van der Waals surface area contributed by atoms with E-state index in [1.807, 2.05) is 38.1 Å². The molecule has 222 valence electrons. The molecule has 5 rings (SSSR count). The fourth-order valence-corrected chi connectivity index (χ4v) is 5.49. The summed E-state index contributed by atoms with van der Waals surface area (Å²) in [7, 11) is 3.28. The highest BCUT2D eigenvalue weighted by Crippen LogP contribution is 2.37. The summed E-state index contributed by atoms with van der Waals surface area (Å²) in [4.78, 5) is 14.6. The van der Waals surface area contributed by atoms with E-state index in [0.717, 1.165) is 67.8 Å². The quantitative estimate of drug-likeness (QED) is 0.329. The Morgan fingerprint density at radius 2 is 1.51 bits per heavy atom. The summed E-state index contributed by atoms with van der Waals surface area (Å²) in [6.45, 7) is 10.6. The lowest BCUT2D eigenvalue weighted by molar-refractivity contribution is 0.122. The van der Waals surface area contributed by atoms with Crippen LogP contribution in [-0.4, -0.2) is 87.7 Å². The average Bonchev–Trinajstić information content (AvgIpc) is 3.00. The van der Waals surface area contributed by atoms with Gasteiger partial charge in [-0.25, -0.2) is 4.98 Å². The summed E-state index contributed by atoms with van der Waals surface area (Å²) >= 11 is 0. The molecular weight excluding hydrogens is 524 g/mol. The van der Waals surface area contributed by atoms with Crippen molar-refractivity contribution in [2.75, 3.05) is 82.8 Å². The Morgan fingerprint density at radius 3 is 2.12 bits per heavy atom. The molecule has 3 N–H and O–H groups in total. The number of fused-ring (bicyclic) bond motifs is 1. The maximum atomic E-state index is 6.27. The number of morpholine rings is 1.